The van der Waals surface area contributed by atoms with Crippen LogP contribution in [0, 0.1) is 0 Å². The van der Waals surface area contributed by atoms with Crippen molar-refractivity contribution in [2.24, 2.45) is 0 Å². The molecular formula is C56H100O24Ti. The summed E-state index contributed by atoms with van der Waals surface area (Å²) in [5.41, 5.74) is -15.5. The molecule has 0 heterocycles. The molecule has 4 fully saturated rings. The summed E-state index contributed by atoms with van der Waals surface area (Å²) < 4.78 is 67.6. The Labute approximate surface area is 495 Å². The molecule has 25 heteroatoms. The van der Waals surface area contributed by atoms with Crippen molar-refractivity contribution in [2.75, 3.05) is 0 Å². The van der Waals surface area contributed by atoms with Gasteiger partial charge in [0.2, 0.25) is 23.1 Å². The van der Waals surface area contributed by atoms with Gasteiger partial charge in [-0.3, -0.25) is 0 Å². The van der Waals surface area contributed by atoms with Gasteiger partial charge in [0.25, 0.3) is 0 Å². The van der Waals surface area contributed by atoms with Gasteiger partial charge in [-0.15, -0.1) is 0 Å². The molecule has 0 aromatic carbocycles. The van der Waals surface area contributed by atoms with Crippen LogP contribution >= 0.6 is 0 Å². The number of aliphatic carboxylic acids is 4. The van der Waals surface area contributed by atoms with Gasteiger partial charge in [-0.1, -0.05) is 0 Å². The fourth-order valence-electron chi connectivity index (χ4n) is 10.6. The van der Waals surface area contributed by atoms with Crippen LogP contribution < -0.4 is 20.4 Å². The number of carboxylic acids is 4. The van der Waals surface area contributed by atoms with Crippen LogP contribution in [0.3, 0.4) is 0 Å². The number of carbonyl (C=O) groups excluding carboxylic acids is 4. The number of hydrogen-bond donors (Lipinski definition) is 4. The number of rotatable bonds is 28. The van der Waals surface area contributed by atoms with Crippen molar-refractivity contribution in [1.29, 1.82) is 0 Å². The number of hydrogen-bond acceptors (Lipinski definition) is 24. The van der Waals surface area contributed by atoms with Crippen LogP contribution in [0.1, 0.15) is 194 Å². The molecule has 472 valence electrons. The molecule has 4 saturated carbocycles. The zero-order chi connectivity index (χ0) is 63.7. The Bertz CT molecular complexity index is 1770. The molecular weight excluding hydrogens is 1100 g/mol. The monoisotopic (exact) mass is 1200 g/mol. The molecule has 4 rings (SSSR count). The molecule has 0 spiro atoms. The molecule has 0 saturated heterocycles. The van der Waals surface area contributed by atoms with Crippen molar-refractivity contribution >= 4 is 23.9 Å². The van der Waals surface area contributed by atoms with E-state index in [-0.39, 0.29) is 95.0 Å². The van der Waals surface area contributed by atoms with Crippen LogP contribution in [0.2, 0.25) is 0 Å². The first-order valence-corrected chi connectivity index (χ1v) is 27.7. The molecule has 0 radical (unpaired) electrons. The topological polar surface area (TPSA) is 352 Å². The summed E-state index contributed by atoms with van der Waals surface area (Å²) in [7, 11) is 0. The third-order valence-electron chi connectivity index (χ3n) is 13.2. The zero-order valence-corrected chi connectivity index (χ0v) is 54.9. The van der Waals surface area contributed by atoms with E-state index in [1.807, 2.05) is 0 Å². The van der Waals surface area contributed by atoms with Gasteiger partial charge >= 0.3 is 21.7 Å². The second-order valence-electron chi connectivity index (χ2n) is 24.6. The minimum atomic E-state index is -2.35. The van der Waals surface area contributed by atoms with Crippen molar-refractivity contribution in [2.45, 2.75) is 335 Å². The summed E-state index contributed by atoms with van der Waals surface area (Å²) in [6.07, 6.45) is -4.02. The molecule has 8 unspecified atom stereocenters. The summed E-state index contributed by atoms with van der Waals surface area (Å²) in [4.78, 5) is 45.8. The van der Waals surface area contributed by atoms with Gasteiger partial charge in [0, 0.05) is 0 Å². The largest absolute Gasteiger partial charge is 4.00 e. The maximum atomic E-state index is 11.5. The third kappa shape index (κ3) is 13.6. The Morgan fingerprint density at radius 3 is 0.395 bits per heavy atom. The maximum Gasteiger partial charge on any atom is 4.00 e. The minimum Gasteiger partial charge on any atom is -0.547 e. The van der Waals surface area contributed by atoms with Gasteiger partial charge in [0.15, 0.2) is 44.8 Å². The molecule has 4 aliphatic carbocycles. The van der Waals surface area contributed by atoms with Crippen LogP contribution in [0.25, 0.3) is 0 Å². The summed E-state index contributed by atoms with van der Waals surface area (Å²) >= 11 is 0. The molecule has 0 bridgehead atoms. The number of aliphatic hydroxyl groups is 4. The van der Waals surface area contributed by atoms with E-state index in [4.69, 9.17) is 56.8 Å². The molecule has 4 N–H and O–H groups in total. The van der Waals surface area contributed by atoms with Crippen molar-refractivity contribution < 1.29 is 139 Å². The zero-order valence-electron chi connectivity index (χ0n) is 53.4. The smallest absolute Gasteiger partial charge is 0.547 e. The Morgan fingerprint density at radius 2 is 0.333 bits per heavy atom. The van der Waals surface area contributed by atoms with Crippen LogP contribution in [0.4, 0.5) is 0 Å². The van der Waals surface area contributed by atoms with Crippen molar-refractivity contribution in [1.82, 2.24) is 0 Å². The first-order chi connectivity index (χ1) is 35.8. The first kappa shape index (κ1) is 79.0. The van der Waals surface area contributed by atoms with Crippen LogP contribution in [0.15, 0.2) is 0 Å². The van der Waals surface area contributed by atoms with Crippen molar-refractivity contribution in [3.05, 3.63) is 0 Å². The van der Waals surface area contributed by atoms with Gasteiger partial charge in [-0.2, -0.15) is 0 Å². The van der Waals surface area contributed by atoms with Gasteiger partial charge < -0.3 is 117 Å². The number of carbonyl (C=O) groups is 4. The third-order valence-corrected chi connectivity index (χ3v) is 13.2. The SMILES string of the molecule is CC(C)OC1(C)C(OC(C)C)(OC(C)C)C1(O)C(=O)[O-].CC(C)OC1(C)C(OC(C)C)(OC(C)C)C1(O)C(=O)[O-].CC(C)OC1(C)C(OC(C)C)(OC(C)C)C1(O)C(=O)[O-].CC(C)OC1(C)C(OC(C)C)(OC(C)C)C1(O)C(=O)[O-].[Ti+4]. The first-order valence-electron chi connectivity index (χ1n) is 27.7. The fraction of sp³-hybridized carbons (Fsp3) is 0.929. The molecule has 24 nitrogen and oxygen atoms in total. The summed E-state index contributed by atoms with van der Waals surface area (Å²) in [5, 5.41) is 88.0. The van der Waals surface area contributed by atoms with Crippen LogP contribution in [0.5, 0.6) is 0 Å². The fourth-order valence-corrected chi connectivity index (χ4v) is 10.6. The van der Waals surface area contributed by atoms with E-state index in [1.165, 1.54) is 27.7 Å². The van der Waals surface area contributed by atoms with E-state index >= 15 is 0 Å². The van der Waals surface area contributed by atoms with Crippen molar-refractivity contribution in [3.63, 3.8) is 0 Å². The average Bonchev–Trinajstić information content (AvgIpc) is 4.04. The van der Waals surface area contributed by atoms with Crippen LogP contribution in [-0.4, -0.2) is 186 Å². The minimum absolute atomic E-state index is 0. The van der Waals surface area contributed by atoms with E-state index in [0.717, 1.165) is 0 Å². The van der Waals surface area contributed by atoms with Gasteiger partial charge in [-0.05, 0) is 194 Å². The quantitative estimate of drug-likeness (QED) is 0.0623. The Morgan fingerprint density at radius 1 is 0.247 bits per heavy atom. The van der Waals surface area contributed by atoms with E-state index in [9.17, 15) is 60.0 Å². The molecule has 0 aromatic heterocycles. The van der Waals surface area contributed by atoms with Crippen molar-refractivity contribution in [3.8, 4) is 0 Å². The normalized spacial score (nSPS) is 31.8. The predicted octanol–water partition coefficient (Wildman–Crippen LogP) is 0.842. The number of ether oxygens (including phenoxy) is 12. The van der Waals surface area contributed by atoms with E-state index in [0.29, 0.717) is 0 Å². The molecule has 0 aromatic rings. The predicted molar refractivity (Wildman–Crippen MR) is 279 cm³/mol. The molecule has 4 aliphatic rings. The average molecular weight is 1210 g/mol. The molecule has 0 amide bonds. The standard InChI is InChI=1S/4C14H26O6.Ti/c4*1-8(2)18-12(7)13(17,11(15)16)14(12,19-9(3)4)20-10(5)6;/h4*8-10,17H,1-7H3,(H,15,16);/q;;;;+4/p-4. The second kappa shape index (κ2) is 27.3. The van der Waals surface area contributed by atoms with E-state index in [1.54, 1.807) is 166 Å². The maximum absolute atomic E-state index is 11.5. The molecule has 0 aliphatic heterocycles. The van der Waals surface area contributed by atoms with Gasteiger partial charge in [0.05, 0.1) is 97.1 Å². The summed E-state index contributed by atoms with van der Waals surface area (Å²) in [6.45, 7) is 47.5. The molecule has 8 atom stereocenters. The van der Waals surface area contributed by atoms with Gasteiger partial charge in [-0.25, -0.2) is 0 Å². The van der Waals surface area contributed by atoms with E-state index < -0.39 is 91.8 Å². The Balaban J connectivity index is 0.00000105. The summed E-state index contributed by atoms with van der Waals surface area (Å²) in [6, 6.07) is 0. The van der Waals surface area contributed by atoms with E-state index in [2.05, 4.69) is 0 Å². The number of carboxylic acid groups (broad SMARTS) is 4. The second-order valence-corrected chi connectivity index (χ2v) is 24.6. The Kier molecular flexibility index (Phi) is 26.6. The van der Waals surface area contributed by atoms with Gasteiger partial charge in [0.1, 0.15) is 0 Å². The molecule has 81 heavy (non-hydrogen) atoms. The summed E-state index contributed by atoms with van der Waals surface area (Å²) in [5.74, 6) is -13.7. The van der Waals surface area contributed by atoms with Crippen LogP contribution in [-0.2, 0) is 97.7 Å². The Hall–Kier alpha value is -2.05.